The number of fused-ring (bicyclic) bond motifs is 1. The number of thioether (sulfide) groups is 1. The van der Waals surface area contributed by atoms with Gasteiger partial charge in [0.15, 0.2) is 5.16 Å². The second kappa shape index (κ2) is 4.62. The molecule has 0 fully saturated rings. The number of hydrogen-bond acceptors (Lipinski definition) is 4. The van der Waals surface area contributed by atoms with Crippen molar-refractivity contribution in [3.05, 3.63) is 34.9 Å². The Bertz CT molecular complexity index is 613. The number of carbonyl (C=O) groups excluding carboxylic acids is 1. The summed E-state index contributed by atoms with van der Waals surface area (Å²) in [5, 5.41) is 12.1. The van der Waals surface area contributed by atoms with Crippen molar-refractivity contribution in [2.75, 3.05) is 11.1 Å². The lowest BCUT2D eigenvalue weighted by Crippen LogP contribution is -2.15. The number of aromatic nitrogens is 3. The molecule has 1 N–H and O–H groups in total. The highest BCUT2D eigenvalue weighted by molar-refractivity contribution is 7.99. The van der Waals surface area contributed by atoms with Crippen LogP contribution < -0.4 is 5.32 Å². The number of carbonyl (C=O) groups is 1. The Balaban J connectivity index is 1.82. The molecular formula is C11H9ClN4OS. The maximum Gasteiger partial charge on any atom is 0.258 e. The lowest BCUT2D eigenvalue weighted by molar-refractivity contribution is 0.102. The fourth-order valence-corrected chi connectivity index (χ4v) is 2.80. The van der Waals surface area contributed by atoms with Crippen LogP contribution in [-0.4, -0.2) is 26.4 Å². The van der Waals surface area contributed by atoms with Crippen LogP contribution in [0.4, 0.5) is 5.95 Å². The topological polar surface area (TPSA) is 59.8 Å². The minimum Gasteiger partial charge on any atom is -0.290 e. The zero-order chi connectivity index (χ0) is 12.5. The standard InChI is InChI=1S/C11H9ClN4OS/c12-8-3-1-2-7(6-8)9(17)13-10-14-15-11-16(10)4-5-18-11/h1-3,6H,4-5H2,(H,13,14,17). The number of hydrogen-bond donors (Lipinski definition) is 1. The maximum atomic E-state index is 12.0. The number of rotatable bonds is 2. The predicted molar refractivity (Wildman–Crippen MR) is 70.2 cm³/mol. The van der Waals surface area contributed by atoms with Crippen LogP contribution >= 0.6 is 23.4 Å². The molecule has 1 aromatic heterocycles. The third-order valence-electron chi connectivity index (χ3n) is 2.58. The van der Waals surface area contributed by atoms with E-state index in [4.69, 9.17) is 11.6 Å². The quantitative estimate of drug-likeness (QED) is 0.917. The molecule has 1 aliphatic rings. The van der Waals surface area contributed by atoms with Gasteiger partial charge in [0.25, 0.3) is 5.91 Å². The van der Waals surface area contributed by atoms with E-state index in [1.54, 1.807) is 36.0 Å². The van der Waals surface area contributed by atoms with Crippen molar-refractivity contribution in [2.45, 2.75) is 11.7 Å². The van der Waals surface area contributed by atoms with E-state index in [-0.39, 0.29) is 5.91 Å². The first-order valence-electron chi connectivity index (χ1n) is 5.37. The smallest absolute Gasteiger partial charge is 0.258 e. The van der Waals surface area contributed by atoms with Gasteiger partial charge in [-0.2, -0.15) is 0 Å². The average molecular weight is 281 g/mol. The molecule has 3 rings (SSSR count). The van der Waals surface area contributed by atoms with Crippen molar-refractivity contribution < 1.29 is 4.79 Å². The number of nitrogens with zero attached hydrogens (tertiary/aromatic N) is 3. The monoisotopic (exact) mass is 280 g/mol. The molecule has 0 atom stereocenters. The van der Waals surface area contributed by atoms with E-state index in [9.17, 15) is 4.79 Å². The number of halogens is 1. The summed E-state index contributed by atoms with van der Waals surface area (Å²) in [7, 11) is 0. The van der Waals surface area contributed by atoms with Crippen molar-refractivity contribution in [3.63, 3.8) is 0 Å². The molecule has 0 bridgehead atoms. The fraction of sp³-hybridized carbons (Fsp3) is 0.182. The van der Waals surface area contributed by atoms with Crippen molar-refractivity contribution >= 4 is 35.2 Å². The van der Waals surface area contributed by atoms with Gasteiger partial charge in [-0.3, -0.25) is 14.7 Å². The molecule has 0 saturated heterocycles. The zero-order valence-corrected chi connectivity index (χ0v) is 10.8. The minimum absolute atomic E-state index is 0.232. The van der Waals surface area contributed by atoms with Crippen LogP contribution in [0.5, 0.6) is 0 Å². The van der Waals surface area contributed by atoms with Gasteiger partial charge in [0.2, 0.25) is 5.95 Å². The van der Waals surface area contributed by atoms with Gasteiger partial charge in [0.1, 0.15) is 0 Å². The van der Waals surface area contributed by atoms with Gasteiger partial charge in [0, 0.05) is 22.9 Å². The van der Waals surface area contributed by atoms with Gasteiger partial charge >= 0.3 is 0 Å². The Hall–Kier alpha value is -1.53. The third kappa shape index (κ3) is 2.09. The lowest BCUT2D eigenvalue weighted by Gasteiger charge is -2.05. The van der Waals surface area contributed by atoms with Crippen LogP contribution in [-0.2, 0) is 6.54 Å². The van der Waals surface area contributed by atoms with Gasteiger partial charge in [0.05, 0.1) is 0 Å². The number of anilines is 1. The molecule has 0 aliphatic carbocycles. The molecule has 18 heavy (non-hydrogen) atoms. The summed E-state index contributed by atoms with van der Waals surface area (Å²) in [6, 6.07) is 6.79. The highest BCUT2D eigenvalue weighted by Gasteiger charge is 2.19. The summed E-state index contributed by atoms with van der Waals surface area (Å²) in [6.07, 6.45) is 0. The molecule has 0 spiro atoms. The van der Waals surface area contributed by atoms with Crippen LogP contribution in [0.25, 0.3) is 0 Å². The molecule has 0 saturated carbocycles. The normalized spacial score (nSPS) is 13.4. The summed E-state index contributed by atoms with van der Waals surface area (Å²) in [4.78, 5) is 12.0. The van der Waals surface area contributed by atoms with Gasteiger partial charge in [-0.05, 0) is 18.2 Å². The Morgan fingerprint density at radius 2 is 2.33 bits per heavy atom. The van der Waals surface area contributed by atoms with E-state index in [1.807, 2.05) is 4.57 Å². The molecule has 2 aromatic rings. The molecule has 1 amide bonds. The molecule has 0 unspecified atom stereocenters. The molecule has 92 valence electrons. The highest BCUT2D eigenvalue weighted by Crippen LogP contribution is 2.26. The number of benzene rings is 1. The largest absolute Gasteiger partial charge is 0.290 e. The maximum absolute atomic E-state index is 12.0. The molecule has 7 heteroatoms. The second-order valence-electron chi connectivity index (χ2n) is 3.77. The van der Waals surface area contributed by atoms with Crippen molar-refractivity contribution in [2.24, 2.45) is 0 Å². The van der Waals surface area contributed by atoms with E-state index in [0.29, 0.717) is 16.5 Å². The first kappa shape index (κ1) is 11.6. The first-order chi connectivity index (χ1) is 8.74. The number of amides is 1. The molecule has 0 radical (unpaired) electrons. The van der Waals surface area contributed by atoms with E-state index >= 15 is 0 Å². The van der Waals surface area contributed by atoms with Crippen molar-refractivity contribution in [1.29, 1.82) is 0 Å². The second-order valence-corrected chi connectivity index (χ2v) is 5.27. The highest BCUT2D eigenvalue weighted by atomic mass is 35.5. The summed E-state index contributed by atoms with van der Waals surface area (Å²) in [5.41, 5.74) is 0.505. The van der Waals surface area contributed by atoms with Gasteiger partial charge in [-0.15, -0.1) is 10.2 Å². The summed E-state index contributed by atoms with van der Waals surface area (Å²) in [6.45, 7) is 0.818. The van der Waals surface area contributed by atoms with Crippen molar-refractivity contribution in [1.82, 2.24) is 14.8 Å². The van der Waals surface area contributed by atoms with Crippen LogP contribution in [0, 0.1) is 0 Å². The Morgan fingerprint density at radius 1 is 1.44 bits per heavy atom. The fourth-order valence-electron chi connectivity index (χ4n) is 1.72. The minimum atomic E-state index is -0.232. The summed E-state index contributed by atoms with van der Waals surface area (Å²) >= 11 is 7.48. The van der Waals surface area contributed by atoms with Gasteiger partial charge in [-0.25, -0.2) is 0 Å². The molecule has 1 aromatic carbocycles. The van der Waals surface area contributed by atoms with Gasteiger partial charge in [-0.1, -0.05) is 29.4 Å². The van der Waals surface area contributed by atoms with Crippen molar-refractivity contribution in [3.8, 4) is 0 Å². The zero-order valence-electron chi connectivity index (χ0n) is 9.26. The SMILES string of the molecule is O=C(Nc1nnc2n1CCS2)c1cccc(Cl)c1. The Kier molecular flexibility index (Phi) is 2.97. The first-order valence-corrected chi connectivity index (χ1v) is 6.73. The van der Waals surface area contributed by atoms with Crippen LogP contribution in [0.15, 0.2) is 29.4 Å². The Morgan fingerprint density at radius 3 is 3.17 bits per heavy atom. The average Bonchev–Trinajstić information content (AvgIpc) is 2.94. The summed E-state index contributed by atoms with van der Waals surface area (Å²) in [5.74, 6) is 1.22. The predicted octanol–water partition coefficient (Wildman–Crippen LogP) is 2.29. The van der Waals surface area contributed by atoms with E-state index in [2.05, 4.69) is 15.5 Å². The molecule has 1 aliphatic heterocycles. The summed E-state index contributed by atoms with van der Waals surface area (Å²) < 4.78 is 1.90. The Labute approximate surface area is 113 Å². The molecular weight excluding hydrogens is 272 g/mol. The third-order valence-corrected chi connectivity index (χ3v) is 3.76. The van der Waals surface area contributed by atoms with E-state index in [0.717, 1.165) is 17.5 Å². The lowest BCUT2D eigenvalue weighted by atomic mass is 10.2. The molecule has 2 heterocycles. The van der Waals surface area contributed by atoms with E-state index in [1.165, 1.54) is 0 Å². The van der Waals surface area contributed by atoms with Crippen LogP contribution in [0.1, 0.15) is 10.4 Å². The van der Waals surface area contributed by atoms with Gasteiger partial charge < -0.3 is 0 Å². The van der Waals surface area contributed by atoms with E-state index < -0.39 is 0 Å². The molecule has 5 nitrogen and oxygen atoms in total. The van der Waals surface area contributed by atoms with Crippen LogP contribution in [0.2, 0.25) is 5.02 Å². The number of nitrogens with one attached hydrogen (secondary N) is 1. The van der Waals surface area contributed by atoms with Crippen LogP contribution in [0.3, 0.4) is 0 Å².